The fraction of sp³-hybridized carbons (Fsp3) is 0.0833. The Hall–Kier alpha value is -1.11. The molecule has 0 spiro atoms. The maximum atomic E-state index is 2.25. The third-order valence-corrected chi connectivity index (χ3v) is 3.89. The molecule has 1 heterocycles. The van der Waals surface area contributed by atoms with Crippen LogP contribution in [0.1, 0.15) is 5.56 Å². The van der Waals surface area contributed by atoms with E-state index in [1.54, 1.807) is 0 Å². The molecular formula is C12H12NSe+. The van der Waals surface area contributed by atoms with Crippen LogP contribution in [-0.2, 0) is 0 Å². The van der Waals surface area contributed by atoms with E-state index in [0.29, 0.717) is 15.2 Å². The molecule has 0 saturated heterocycles. The zero-order valence-corrected chi connectivity index (χ0v) is 9.76. The summed E-state index contributed by atoms with van der Waals surface area (Å²) in [6, 6.07) is 14.9. The Morgan fingerprint density at radius 2 is 1.57 bits per heavy atom. The van der Waals surface area contributed by atoms with Crippen molar-refractivity contribution in [3.63, 3.8) is 0 Å². The first kappa shape index (κ1) is 9.44. The van der Waals surface area contributed by atoms with E-state index in [9.17, 15) is 0 Å². The summed E-state index contributed by atoms with van der Waals surface area (Å²) in [6.45, 7) is 2.11. The molecule has 0 saturated carbocycles. The molecule has 0 fully saturated rings. The number of aryl methyl sites for hydroxylation is 1. The van der Waals surface area contributed by atoms with Gasteiger partial charge in [0.15, 0.2) is 0 Å². The number of pyridine rings is 1. The summed E-state index contributed by atoms with van der Waals surface area (Å²) in [6.07, 6.45) is 4.28. The SMILES string of the molecule is Cc1cc[n+]([Se]c2ccccc2)cc1. The number of nitrogens with zero attached hydrogens (tertiary/aromatic N) is 1. The normalized spacial score (nSPS) is 10.1. The summed E-state index contributed by atoms with van der Waals surface area (Å²) < 4.78 is 3.64. The standard InChI is InChI=1S/C12H12NSe/c1-11-7-9-13(10-8-11)14-12-5-3-2-4-6-12/h2-10H,1H3/q+1. The Kier molecular flexibility index (Phi) is 2.97. The first-order valence-electron chi connectivity index (χ1n) is 4.56. The zero-order chi connectivity index (χ0) is 9.80. The van der Waals surface area contributed by atoms with Gasteiger partial charge in [0.05, 0.1) is 0 Å². The van der Waals surface area contributed by atoms with Crippen LogP contribution in [0.15, 0.2) is 54.9 Å². The second-order valence-corrected chi connectivity index (χ2v) is 5.40. The van der Waals surface area contributed by atoms with Gasteiger partial charge >= 0.3 is 90.6 Å². The van der Waals surface area contributed by atoms with Crippen LogP contribution in [0, 0.1) is 6.92 Å². The average Bonchev–Trinajstić information content (AvgIpc) is 2.23. The van der Waals surface area contributed by atoms with E-state index in [4.69, 9.17) is 0 Å². The third-order valence-electron chi connectivity index (χ3n) is 1.92. The second-order valence-electron chi connectivity index (χ2n) is 3.14. The van der Waals surface area contributed by atoms with Gasteiger partial charge in [0.1, 0.15) is 0 Å². The Balaban J connectivity index is 2.16. The van der Waals surface area contributed by atoms with Gasteiger partial charge in [-0.1, -0.05) is 0 Å². The van der Waals surface area contributed by atoms with Crippen molar-refractivity contribution >= 4 is 19.6 Å². The topological polar surface area (TPSA) is 3.88 Å². The van der Waals surface area contributed by atoms with Crippen molar-refractivity contribution in [2.45, 2.75) is 6.92 Å². The summed E-state index contributed by atoms with van der Waals surface area (Å²) in [5.74, 6) is 0. The van der Waals surface area contributed by atoms with Gasteiger partial charge in [0.2, 0.25) is 0 Å². The molecule has 2 heteroatoms. The first-order valence-corrected chi connectivity index (χ1v) is 6.18. The molecule has 0 radical (unpaired) electrons. The summed E-state index contributed by atoms with van der Waals surface area (Å²) in [5.41, 5.74) is 1.31. The van der Waals surface area contributed by atoms with Gasteiger partial charge in [-0.05, 0) is 0 Å². The van der Waals surface area contributed by atoms with Gasteiger partial charge < -0.3 is 0 Å². The molecule has 0 N–H and O–H groups in total. The number of rotatable bonds is 2. The average molecular weight is 249 g/mol. The van der Waals surface area contributed by atoms with E-state index in [1.807, 2.05) is 0 Å². The van der Waals surface area contributed by atoms with Crippen LogP contribution in [0.25, 0.3) is 0 Å². The van der Waals surface area contributed by atoms with Crippen molar-refractivity contribution < 1.29 is 3.58 Å². The molecule has 14 heavy (non-hydrogen) atoms. The van der Waals surface area contributed by atoms with Gasteiger partial charge in [-0.2, -0.15) is 0 Å². The van der Waals surface area contributed by atoms with E-state index >= 15 is 0 Å². The minimum absolute atomic E-state index is 0.370. The maximum absolute atomic E-state index is 2.25. The molecular weight excluding hydrogens is 237 g/mol. The van der Waals surface area contributed by atoms with Crippen LogP contribution in [0.5, 0.6) is 0 Å². The molecule has 0 amide bonds. The van der Waals surface area contributed by atoms with Crippen molar-refractivity contribution in [2.24, 2.45) is 0 Å². The number of aromatic nitrogens is 1. The summed E-state index contributed by atoms with van der Waals surface area (Å²) in [7, 11) is 0. The van der Waals surface area contributed by atoms with Gasteiger partial charge in [0, 0.05) is 0 Å². The van der Waals surface area contributed by atoms with E-state index < -0.39 is 0 Å². The Labute approximate surface area is 90.8 Å². The molecule has 1 aromatic carbocycles. The number of hydrogen-bond acceptors (Lipinski definition) is 0. The Morgan fingerprint density at radius 3 is 2.21 bits per heavy atom. The molecule has 1 aromatic heterocycles. The molecule has 2 aromatic rings. The molecule has 1 nitrogen and oxygen atoms in total. The van der Waals surface area contributed by atoms with Crippen LogP contribution in [0.2, 0.25) is 0 Å². The Morgan fingerprint density at radius 1 is 0.929 bits per heavy atom. The molecule has 70 valence electrons. The van der Waals surface area contributed by atoms with E-state index in [2.05, 4.69) is 65.4 Å². The van der Waals surface area contributed by atoms with Crippen molar-refractivity contribution in [1.29, 1.82) is 0 Å². The molecule has 0 bridgehead atoms. The third kappa shape index (κ3) is 2.44. The Bertz CT molecular complexity index is 394. The molecule has 2 rings (SSSR count). The zero-order valence-electron chi connectivity index (χ0n) is 8.05. The van der Waals surface area contributed by atoms with Crippen LogP contribution in [-0.4, -0.2) is 15.2 Å². The monoisotopic (exact) mass is 250 g/mol. The summed E-state index contributed by atoms with van der Waals surface area (Å²) in [4.78, 5) is 0. The quantitative estimate of drug-likeness (QED) is 0.701. The molecule has 0 atom stereocenters. The predicted octanol–water partition coefficient (Wildman–Crippen LogP) is 1.08. The fourth-order valence-corrected chi connectivity index (χ4v) is 2.76. The molecule has 0 aliphatic rings. The van der Waals surface area contributed by atoms with Crippen molar-refractivity contribution in [2.75, 3.05) is 0 Å². The van der Waals surface area contributed by atoms with E-state index in [0.717, 1.165) is 0 Å². The van der Waals surface area contributed by atoms with Crippen LogP contribution in [0.3, 0.4) is 0 Å². The second kappa shape index (κ2) is 4.41. The van der Waals surface area contributed by atoms with Crippen LogP contribution >= 0.6 is 0 Å². The van der Waals surface area contributed by atoms with Gasteiger partial charge in [-0.15, -0.1) is 0 Å². The minimum atomic E-state index is 0.370. The first-order chi connectivity index (χ1) is 6.84. The number of benzene rings is 1. The van der Waals surface area contributed by atoms with Gasteiger partial charge in [-0.3, -0.25) is 0 Å². The van der Waals surface area contributed by atoms with Crippen LogP contribution < -0.4 is 8.05 Å². The van der Waals surface area contributed by atoms with Crippen molar-refractivity contribution in [3.8, 4) is 0 Å². The van der Waals surface area contributed by atoms with E-state index in [1.165, 1.54) is 10.0 Å². The van der Waals surface area contributed by atoms with Gasteiger partial charge in [-0.25, -0.2) is 0 Å². The molecule has 0 aliphatic heterocycles. The van der Waals surface area contributed by atoms with Crippen LogP contribution in [0.4, 0.5) is 0 Å². The number of hydrogen-bond donors (Lipinski definition) is 0. The van der Waals surface area contributed by atoms with Crippen molar-refractivity contribution in [1.82, 2.24) is 0 Å². The van der Waals surface area contributed by atoms with Crippen molar-refractivity contribution in [3.05, 3.63) is 60.4 Å². The van der Waals surface area contributed by atoms with Gasteiger partial charge in [0.25, 0.3) is 0 Å². The predicted molar refractivity (Wildman–Crippen MR) is 58.6 cm³/mol. The molecule has 0 unspecified atom stereocenters. The van der Waals surface area contributed by atoms with E-state index in [-0.39, 0.29) is 0 Å². The summed E-state index contributed by atoms with van der Waals surface area (Å²) in [5, 5.41) is 0. The molecule has 0 aliphatic carbocycles. The summed E-state index contributed by atoms with van der Waals surface area (Å²) >= 11 is 0.370. The fourth-order valence-electron chi connectivity index (χ4n) is 1.15.